The number of rotatable bonds is 6. The molecule has 0 unspecified atom stereocenters. The number of hydrogen-bond acceptors (Lipinski definition) is 7. The Morgan fingerprint density at radius 1 is 1.10 bits per heavy atom. The molecule has 3 aromatic rings. The van der Waals surface area contributed by atoms with E-state index in [-0.39, 0.29) is 16.4 Å². The number of nitrogens with zero attached hydrogens (tertiary/aromatic N) is 1. The Labute approximate surface area is 170 Å². The summed E-state index contributed by atoms with van der Waals surface area (Å²) in [5.74, 6) is -1.93. The minimum Gasteiger partial charge on any atom is -0.497 e. The number of carbonyl (C=O) groups excluding carboxylic acids is 2. The zero-order valence-corrected chi connectivity index (χ0v) is 16.6. The van der Waals surface area contributed by atoms with Gasteiger partial charge in [0.2, 0.25) is 0 Å². The number of benzene rings is 1. The smallest absolute Gasteiger partial charge is 0.455 e. The van der Waals surface area contributed by atoms with E-state index in [2.05, 4.69) is 10.3 Å². The van der Waals surface area contributed by atoms with Gasteiger partial charge in [0, 0.05) is 11.6 Å². The molecule has 0 atom stereocenters. The van der Waals surface area contributed by atoms with Crippen LogP contribution in [0.2, 0.25) is 0 Å². The maximum Gasteiger partial charge on any atom is 0.455 e. The summed E-state index contributed by atoms with van der Waals surface area (Å²) in [6.07, 6.45) is -5.06. The summed E-state index contributed by atoms with van der Waals surface area (Å²) in [5.41, 5.74) is 0.0311. The minimum atomic E-state index is -5.06. The number of methoxy groups -OCH3 is 2. The lowest BCUT2D eigenvalue weighted by Crippen LogP contribution is -2.22. The van der Waals surface area contributed by atoms with Crippen LogP contribution < -0.4 is 14.8 Å². The number of nitrogens with one attached hydrogen (secondary N) is 1. The number of carbonyl (C=O) groups is 2. The van der Waals surface area contributed by atoms with Crippen molar-refractivity contribution < 1.29 is 32.2 Å². The number of aromatic nitrogens is 1. The van der Waals surface area contributed by atoms with E-state index in [4.69, 9.17) is 9.47 Å². The van der Waals surface area contributed by atoms with E-state index in [1.807, 2.05) is 0 Å². The van der Waals surface area contributed by atoms with Gasteiger partial charge in [0.1, 0.15) is 22.1 Å². The van der Waals surface area contributed by atoms with Gasteiger partial charge in [0.15, 0.2) is 5.13 Å². The van der Waals surface area contributed by atoms with E-state index in [0.29, 0.717) is 27.7 Å². The van der Waals surface area contributed by atoms with Crippen molar-refractivity contribution >= 4 is 39.5 Å². The van der Waals surface area contributed by atoms with Gasteiger partial charge in [-0.1, -0.05) is 17.4 Å². The van der Waals surface area contributed by atoms with Crippen molar-refractivity contribution in [2.24, 2.45) is 0 Å². The molecule has 29 heavy (non-hydrogen) atoms. The second-order valence-corrected chi connectivity index (χ2v) is 7.50. The number of thiophene rings is 1. The third kappa shape index (κ3) is 4.57. The monoisotopic (exact) mass is 442 g/mol. The van der Waals surface area contributed by atoms with Crippen LogP contribution in [0.3, 0.4) is 0 Å². The lowest BCUT2D eigenvalue weighted by molar-refractivity contribution is -0.0882. The first-order valence-corrected chi connectivity index (χ1v) is 9.63. The van der Waals surface area contributed by atoms with Crippen LogP contribution in [0, 0.1) is 0 Å². The summed E-state index contributed by atoms with van der Waals surface area (Å²) in [5, 5.41) is 3.95. The number of amides is 1. The lowest BCUT2D eigenvalue weighted by atomic mass is 10.2. The predicted octanol–water partition coefficient (Wildman–Crippen LogP) is 4.89. The van der Waals surface area contributed by atoms with Crippen molar-refractivity contribution in [1.29, 1.82) is 0 Å². The Morgan fingerprint density at radius 2 is 1.76 bits per heavy atom. The van der Waals surface area contributed by atoms with E-state index in [1.165, 1.54) is 26.4 Å². The van der Waals surface area contributed by atoms with Gasteiger partial charge < -0.3 is 9.47 Å². The zero-order valence-electron chi connectivity index (χ0n) is 15.0. The summed E-state index contributed by atoms with van der Waals surface area (Å²) in [7, 11) is 2.83. The lowest BCUT2D eigenvalue weighted by Gasteiger charge is -2.08. The molecule has 0 radical (unpaired) electrons. The van der Waals surface area contributed by atoms with Crippen LogP contribution in [0.5, 0.6) is 11.5 Å². The van der Waals surface area contributed by atoms with Crippen LogP contribution in [0.15, 0.2) is 35.7 Å². The number of alkyl halides is 3. The van der Waals surface area contributed by atoms with Crippen molar-refractivity contribution in [2.75, 3.05) is 19.5 Å². The van der Waals surface area contributed by atoms with Gasteiger partial charge in [-0.15, -0.1) is 11.3 Å². The Bertz CT molecular complexity index is 1020. The fourth-order valence-electron chi connectivity index (χ4n) is 2.34. The fourth-order valence-corrected chi connectivity index (χ4v) is 4.06. The molecule has 2 aromatic heterocycles. The van der Waals surface area contributed by atoms with Gasteiger partial charge >= 0.3 is 6.18 Å². The number of thiazole rings is 1. The summed E-state index contributed by atoms with van der Waals surface area (Å²) in [6.45, 7) is 0. The molecule has 0 aliphatic rings. The van der Waals surface area contributed by atoms with Crippen LogP contribution in [-0.2, 0) is 0 Å². The molecule has 1 aromatic carbocycles. The standard InChI is InChI=1S/C18H13F3N2O4S2/c1-26-10-6-9(7-11(8-10)27-2)16(25)23-17-22-13(12-4-3-5-28-12)14(29-17)15(24)18(19,20)21/h3-8H,1-2H3,(H,22,23,25). The Kier molecular flexibility index (Phi) is 5.89. The highest BCUT2D eigenvalue weighted by Gasteiger charge is 2.42. The SMILES string of the molecule is COc1cc(OC)cc(C(=O)Nc2nc(-c3cccs3)c(C(=O)C(F)(F)F)s2)c1. The first-order valence-electron chi connectivity index (χ1n) is 7.93. The molecule has 0 spiro atoms. The molecule has 2 heterocycles. The molecular formula is C18H13F3N2O4S2. The van der Waals surface area contributed by atoms with Gasteiger partial charge in [-0.05, 0) is 23.6 Å². The highest BCUT2D eigenvalue weighted by molar-refractivity contribution is 7.19. The van der Waals surface area contributed by atoms with Crippen molar-refractivity contribution in [3.05, 3.63) is 46.2 Å². The highest BCUT2D eigenvalue weighted by Crippen LogP contribution is 2.37. The van der Waals surface area contributed by atoms with Crippen LogP contribution in [0.25, 0.3) is 10.6 Å². The summed E-state index contributed by atoms with van der Waals surface area (Å²) in [6, 6.07) is 7.61. The third-order valence-corrected chi connectivity index (χ3v) is 5.53. The largest absolute Gasteiger partial charge is 0.497 e. The van der Waals surface area contributed by atoms with Gasteiger partial charge in [0.25, 0.3) is 11.7 Å². The topological polar surface area (TPSA) is 77.5 Å². The Balaban J connectivity index is 1.96. The number of hydrogen-bond donors (Lipinski definition) is 1. The average Bonchev–Trinajstić information content (AvgIpc) is 3.35. The highest BCUT2D eigenvalue weighted by atomic mass is 32.1. The maximum atomic E-state index is 13.0. The maximum absolute atomic E-state index is 13.0. The molecule has 152 valence electrons. The third-order valence-electron chi connectivity index (χ3n) is 3.68. The summed E-state index contributed by atoms with van der Waals surface area (Å²) < 4.78 is 49.1. The molecule has 6 nitrogen and oxygen atoms in total. The van der Waals surface area contributed by atoms with E-state index in [9.17, 15) is 22.8 Å². The van der Waals surface area contributed by atoms with Crippen molar-refractivity contribution in [1.82, 2.24) is 4.98 Å². The van der Waals surface area contributed by atoms with Crippen LogP contribution >= 0.6 is 22.7 Å². The van der Waals surface area contributed by atoms with Crippen LogP contribution in [-0.4, -0.2) is 37.1 Å². The first-order chi connectivity index (χ1) is 13.7. The number of ketones is 1. The van der Waals surface area contributed by atoms with Crippen LogP contribution in [0.1, 0.15) is 20.0 Å². The molecule has 0 bridgehead atoms. The van der Waals surface area contributed by atoms with E-state index < -0.39 is 22.7 Å². The fraction of sp³-hybridized carbons (Fsp3) is 0.167. The molecule has 0 fully saturated rings. The number of ether oxygens (including phenoxy) is 2. The number of anilines is 1. The van der Waals surface area contributed by atoms with Crippen molar-refractivity contribution in [3.63, 3.8) is 0 Å². The van der Waals surface area contributed by atoms with Gasteiger partial charge in [-0.3, -0.25) is 14.9 Å². The molecule has 1 amide bonds. The second-order valence-electron chi connectivity index (χ2n) is 5.56. The Morgan fingerprint density at radius 3 is 2.28 bits per heavy atom. The molecule has 0 aliphatic heterocycles. The number of Topliss-reactive ketones (excluding diaryl/α,β-unsaturated/α-hetero) is 1. The van der Waals surface area contributed by atoms with E-state index >= 15 is 0 Å². The van der Waals surface area contributed by atoms with Crippen molar-refractivity contribution in [2.45, 2.75) is 6.18 Å². The van der Waals surface area contributed by atoms with Gasteiger partial charge in [0.05, 0.1) is 19.1 Å². The molecule has 0 saturated carbocycles. The molecule has 1 N–H and O–H groups in total. The molecular weight excluding hydrogens is 429 g/mol. The minimum absolute atomic E-state index is 0.120. The summed E-state index contributed by atoms with van der Waals surface area (Å²) in [4.78, 5) is 28.2. The Hall–Kier alpha value is -2.92. The molecule has 11 heteroatoms. The first kappa shape index (κ1) is 20.8. The van der Waals surface area contributed by atoms with Crippen LogP contribution in [0.4, 0.5) is 18.3 Å². The summed E-state index contributed by atoms with van der Waals surface area (Å²) >= 11 is 1.60. The quantitative estimate of drug-likeness (QED) is 0.550. The van der Waals surface area contributed by atoms with Gasteiger partial charge in [-0.2, -0.15) is 13.2 Å². The van der Waals surface area contributed by atoms with Crippen molar-refractivity contribution in [3.8, 4) is 22.1 Å². The molecule has 0 aliphatic carbocycles. The van der Waals surface area contributed by atoms with E-state index in [0.717, 1.165) is 11.3 Å². The zero-order chi connectivity index (χ0) is 21.2. The normalized spacial score (nSPS) is 11.2. The van der Waals surface area contributed by atoms with Gasteiger partial charge in [-0.25, -0.2) is 4.98 Å². The predicted molar refractivity (Wildman–Crippen MR) is 103 cm³/mol. The molecule has 0 saturated heterocycles. The molecule has 3 rings (SSSR count). The van der Waals surface area contributed by atoms with E-state index in [1.54, 1.807) is 23.6 Å². The average molecular weight is 442 g/mol. The second kappa shape index (κ2) is 8.21. The number of halogens is 3.